The number of carbonyl (C=O) groups is 1. The van der Waals surface area contributed by atoms with E-state index in [4.69, 9.17) is 5.73 Å². The quantitative estimate of drug-likeness (QED) is 0.506. The fourth-order valence-electron chi connectivity index (χ4n) is 3.20. The van der Waals surface area contributed by atoms with Gasteiger partial charge in [-0.3, -0.25) is 19.4 Å². The van der Waals surface area contributed by atoms with Crippen molar-refractivity contribution in [2.75, 3.05) is 5.73 Å². The number of hydrogen-bond acceptors (Lipinski definition) is 5. The monoisotopic (exact) mass is 395 g/mol. The molecule has 9 heteroatoms. The van der Waals surface area contributed by atoms with Gasteiger partial charge in [-0.05, 0) is 30.7 Å². The van der Waals surface area contributed by atoms with Gasteiger partial charge in [0.25, 0.3) is 5.56 Å². The molecular weight excluding hydrogens is 380 g/mol. The van der Waals surface area contributed by atoms with E-state index in [2.05, 4.69) is 15.2 Å². The molecule has 4 rings (SSSR count). The average Bonchev–Trinajstić information content (AvgIpc) is 3.10. The lowest BCUT2D eigenvalue weighted by molar-refractivity contribution is -0.107. The van der Waals surface area contributed by atoms with Gasteiger partial charge in [0, 0.05) is 23.9 Å². The molecule has 3 aromatic heterocycles. The minimum absolute atomic E-state index is 0.00486. The van der Waals surface area contributed by atoms with Crippen LogP contribution in [0.15, 0.2) is 47.4 Å². The van der Waals surface area contributed by atoms with Crippen LogP contribution in [-0.2, 0) is 11.2 Å². The first-order valence-electron chi connectivity index (χ1n) is 8.74. The van der Waals surface area contributed by atoms with Gasteiger partial charge in [0.15, 0.2) is 5.82 Å². The normalized spacial score (nSPS) is 11.1. The van der Waals surface area contributed by atoms with Crippen LogP contribution in [0, 0.1) is 11.6 Å². The molecule has 0 amide bonds. The maximum Gasteiger partial charge on any atom is 0.268 e. The summed E-state index contributed by atoms with van der Waals surface area (Å²) in [7, 11) is 0. The number of H-pyrrole nitrogens is 1. The molecule has 0 aliphatic heterocycles. The lowest BCUT2D eigenvalue weighted by Crippen LogP contribution is -2.21. The molecule has 0 fully saturated rings. The Morgan fingerprint density at radius 2 is 1.86 bits per heavy atom. The van der Waals surface area contributed by atoms with Crippen molar-refractivity contribution in [1.82, 2.24) is 19.7 Å². The lowest BCUT2D eigenvalue weighted by Gasteiger charge is -2.12. The first-order valence-corrected chi connectivity index (χ1v) is 8.74. The number of hydrogen-bond donors (Lipinski definition) is 2. The second-order valence-electron chi connectivity index (χ2n) is 6.37. The highest BCUT2D eigenvalue weighted by atomic mass is 19.1. The van der Waals surface area contributed by atoms with Gasteiger partial charge in [-0.15, -0.1) is 0 Å². The Bertz CT molecular complexity index is 1280. The Morgan fingerprint density at radius 3 is 2.59 bits per heavy atom. The third kappa shape index (κ3) is 3.16. The summed E-state index contributed by atoms with van der Waals surface area (Å²) in [6.07, 6.45) is 2.84. The van der Waals surface area contributed by atoms with Crippen LogP contribution in [-0.4, -0.2) is 26.0 Å². The first kappa shape index (κ1) is 18.5. The second-order valence-corrected chi connectivity index (χ2v) is 6.37. The number of aromatic amines is 1. The Balaban J connectivity index is 2.02. The molecule has 0 saturated carbocycles. The number of halogens is 2. The van der Waals surface area contributed by atoms with E-state index in [9.17, 15) is 18.4 Å². The van der Waals surface area contributed by atoms with Gasteiger partial charge >= 0.3 is 0 Å². The fourth-order valence-corrected chi connectivity index (χ4v) is 3.20. The fraction of sp³-hybridized carbons (Fsp3) is 0.100. The summed E-state index contributed by atoms with van der Waals surface area (Å²) in [6.45, 7) is 0. The molecule has 146 valence electrons. The molecule has 1 aromatic carbocycles. The molecule has 0 aliphatic carbocycles. The maximum absolute atomic E-state index is 14.4. The molecule has 3 heterocycles. The molecule has 7 nitrogen and oxygen atoms in total. The number of aromatic nitrogens is 4. The van der Waals surface area contributed by atoms with Crippen LogP contribution in [0.4, 0.5) is 14.6 Å². The Hall–Kier alpha value is -3.88. The predicted octanol–water partition coefficient (Wildman–Crippen LogP) is 2.77. The molecule has 4 aromatic rings. The van der Waals surface area contributed by atoms with Crippen molar-refractivity contribution in [3.05, 3.63) is 70.3 Å². The van der Waals surface area contributed by atoms with Gasteiger partial charge in [-0.1, -0.05) is 12.1 Å². The zero-order chi connectivity index (χ0) is 20.5. The van der Waals surface area contributed by atoms with Gasteiger partial charge in [-0.25, -0.2) is 8.78 Å². The SMILES string of the molecule is Nc1n[nH]c2c(-c3cccc(CCC=O)n3)cn(-c3c(F)cccc3F)c(=O)c12. The van der Waals surface area contributed by atoms with Crippen molar-refractivity contribution < 1.29 is 13.6 Å². The van der Waals surface area contributed by atoms with E-state index in [-0.39, 0.29) is 11.2 Å². The number of para-hydroxylation sites is 1. The molecule has 0 aliphatic rings. The predicted molar refractivity (Wildman–Crippen MR) is 104 cm³/mol. The highest BCUT2D eigenvalue weighted by Crippen LogP contribution is 2.28. The number of pyridine rings is 2. The Kier molecular flexibility index (Phi) is 4.63. The molecular formula is C20H15F2N5O2. The number of nitrogens with one attached hydrogen (secondary N) is 1. The molecule has 0 spiro atoms. The lowest BCUT2D eigenvalue weighted by atomic mass is 10.1. The first-order chi connectivity index (χ1) is 14.0. The number of aldehydes is 1. The van der Waals surface area contributed by atoms with Gasteiger partial charge in [0.05, 0.1) is 11.2 Å². The maximum atomic E-state index is 14.4. The van der Waals surface area contributed by atoms with Crippen LogP contribution < -0.4 is 11.3 Å². The second kappa shape index (κ2) is 7.27. The van der Waals surface area contributed by atoms with Crippen LogP contribution in [0.25, 0.3) is 27.8 Å². The molecule has 0 radical (unpaired) electrons. The number of carbonyl (C=O) groups excluding carboxylic acids is 1. The van der Waals surface area contributed by atoms with E-state index in [1.54, 1.807) is 18.2 Å². The number of fused-ring (bicyclic) bond motifs is 1. The van der Waals surface area contributed by atoms with Crippen molar-refractivity contribution in [2.24, 2.45) is 0 Å². The number of nitrogens with zero attached hydrogens (tertiary/aromatic N) is 3. The van der Waals surface area contributed by atoms with E-state index in [0.29, 0.717) is 35.3 Å². The topological polar surface area (TPSA) is 107 Å². The summed E-state index contributed by atoms with van der Waals surface area (Å²) in [4.78, 5) is 28.1. The van der Waals surface area contributed by atoms with Gasteiger partial charge in [-0.2, -0.15) is 5.10 Å². The zero-order valence-electron chi connectivity index (χ0n) is 15.0. The molecule has 29 heavy (non-hydrogen) atoms. The van der Waals surface area contributed by atoms with E-state index in [1.807, 2.05) is 0 Å². The third-order valence-corrected chi connectivity index (χ3v) is 4.53. The number of aryl methyl sites for hydroxylation is 1. The van der Waals surface area contributed by atoms with E-state index in [0.717, 1.165) is 23.0 Å². The van der Waals surface area contributed by atoms with Crippen molar-refractivity contribution >= 4 is 23.0 Å². The summed E-state index contributed by atoms with van der Waals surface area (Å²) >= 11 is 0. The van der Waals surface area contributed by atoms with Crippen LogP contribution in [0.3, 0.4) is 0 Å². The van der Waals surface area contributed by atoms with E-state index < -0.39 is 22.9 Å². The van der Waals surface area contributed by atoms with Crippen molar-refractivity contribution in [3.8, 4) is 16.9 Å². The molecule has 0 saturated heterocycles. The van der Waals surface area contributed by atoms with Gasteiger partial charge < -0.3 is 10.5 Å². The van der Waals surface area contributed by atoms with Crippen molar-refractivity contribution in [2.45, 2.75) is 12.8 Å². The highest BCUT2D eigenvalue weighted by Gasteiger charge is 2.20. The summed E-state index contributed by atoms with van der Waals surface area (Å²) in [6, 6.07) is 8.52. The van der Waals surface area contributed by atoms with Crippen LogP contribution in [0.5, 0.6) is 0 Å². The number of rotatable bonds is 5. The Labute approximate surface area is 162 Å². The molecule has 0 bridgehead atoms. The number of benzene rings is 1. The van der Waals surface area contributed by atoms with E-state index in [1.165, 1.54) is 12.3 Å². The van der Waals surface area contributed by atoms with Gasteiger partial charge in [0.2, 0.25) is 0 Å². The summed E-state index contributed by atoms with van der Waals surface area (Å²) < 4.78 is 29.6. The summed E-state index contributed by atoms with van der Waals surface area (Å²) in [5, 5.41) is 6.57. The largest absolute Gasteiger partial charge is 0.382 e. The van der Waals surface area contributed by atoms with Crippen LogP contribution in [0.1, 0.15) is 12.1 Å². The zero-order valence-corrected chi connectivity index (χ0v) is 15.0. The minimum atomic E-state index is -0.896. The summed E-state index contributed by atoms with van der Waals surface area (Å²) in [5.41, 5.74) is 6.40. The summed E-state index contributed by atoms with van der Waals surface area (Å²) in [5.74, 6) is -1.88. The van der Waals surface area contributed by atoms with Gasteiger partial charge in [0.1, 0.15) is 29.0 Å². The highest BCUT2D eigenvalue weighted by molar-refractivity contribution is 5.97. The molecule has 3 N–H and O–H groups in total. The van der Waals surface area contributed by atoms with Crippen molar-refractivity contribution in [3.63, 3.8) is 0 Å². The third-order valence-electron chi connectivity index (χ3n) is 4.53. The average molecular weight is 395 g/mol. The minimum Gasteiger partial charge on any atom is -0.382 e. The number of nitrogen functional groups attached to an aromatic ring is 1. The van der Waals surface area contributed by atoms with Crippen LogP contribution >= 0.6 is 0 Å². The number of nitrogens with two attached hydrogens (primary N) is 1. The number of anilines is 1. The molecule has 0 unspecified atom stereocenters. The Morgan fingerprint density at radius 1 is 1.14 bits per heavy atom. The van der Waals surface area contributed by atoms with E-state index >= 15 is 0 Å². The van der Waals surface area contributed by atoms with Crippen molar-refractivity contribution in [1.29, 1.82) is 0 Å². The standard InChI is InChI=1S/C20H15F2N5O2/c21-13-6-2-7-14(22)18(13)27-10-12(17-16(20(27)29)19(23)26-25-17)15-8-1-4-11(24-15)5-3-9-28/h1-2,4,6-10H,3,5H2,(H3,23,25,26). The smallest absolute Gasteiger partial charge is 0.268 e. The van der Waals surface area contributed by atoms with Crippen LogP contribution in [0.2, 0.25) is 0 Å². The molecule has 0 atom stereocenters.